The van der Waals surface area contributed by atoms with Crippen molar-refractivity contribution in [3.05, 3.63) is 28.3 Å². The number of rotatable bonds is 4. The van der Waals surface area contributed by atoms with Crippen LogP contribution in [0.1, 0.15) is 23.1 Å². The summed E-state index contributed by atoms with van der Waals surface area (Å²) < 4.78 is 27.2. The van der Waals surface area contributed by atoms with Crippen LogP contribution in [0.2, 0.25) is 0 Å². The monoisotopic (exact) mass is 312 g/mol. The predicted octanol–water partition coefficient (Wildman–Crippen LogP) is 2.10. The summed E-state index contributed by atoms with van der Waals surface area (Å²) in [5.74, 6) is 0. The molecule has 20 heavy (non-hydrogen) atoms. The first-order valence-corrected chi connectivity index (χ1v) is 8.35. The molecule has 0 unspecified atom stereocenters. The van der Waals surface area contributed by atoms with Gasteiger partial charge in [-0.3, -0.25) is 4.72 Å². The van der Waals surface area contributed by atoms with Gasteiger partial charge in [-0.05, 0) is 43.5 Å². The van der Waals surface area contributed by atoms with E-state index in [9.17, 15) is 8.42 Å². The van der Waals surface area contributed by atoms with Crippen LogP contribution in [-0.4, -0.2) is 18.6 Å². The van der Waals surface area contributed by atoms with Gasteiger partial charge in [0.25, 0.3) is 10.0 Å². The largest absolute Gasteiger partial charge is 0.399 e. The Bertz CT molecular complexity index is 738. The van der Waals surface area contributed by atoms with Crippen molar-refractivity contribution in [2.24, 2.45) is 0 Å². The van der Waals surface area contributed by atoms with Crippen LogP contribution in [0.25, 0.3) is 0 Å². The lowest BCUT2D eigenvalue weighted by atomic mass is 10.1. The van der Waals surface area contributed by atoms with Crippen LogP contribution < -0.4 is 10.5 Å². The van der Waals surface area contributed by atoms with E-state index in [2.05, 4.69) is 14.9 Å². The number of nitrogen functional groups attached to an aromatic ring is 1. The normalized spacial score (nSPS) is 11.6. The third kappa shape index (κ3) is 2.91. The van der Waals surface area contributed by atoms with Gasteiger partial charge in [0.2, 0.25) is 5.13 Å². The summed E-state index contributed by atoms with van der Waals surface area (Å²) in [6, 6.07) is 3.20. The standard InChI is InChI=1S/C12H16N4O2S2/c1-4-11-14-15-12(19-11)16-20(17,18)10-6-9(13)5-7(2)8(10)3/h5-6H,4,13H2,1-3H3,(H,15,16). The van der Waals surface area contributed by atoms with Crippen molar-refractivity contribution >= 4 is 32.2 Å². The summed E-state index contributed by atoms with van der Waals surface area (Å²) in [5.41, 5.74) is 7.65. The Labute approximate surface area is 122 Å². The second-order valence-electron chi connectivity index (χ2n) is 4.42. The molecule has 1 heterocycles. The summed E-state index contributed by atoms with van der Waals surface area (Å²) in [7, 11) is -3.71. The van der Waals surface area contributed by atoms with Crippen LogP contribution in [0.3, 0.4) is 0 Å². The second kappa shape index (κ2) is 5.37. The lowest BCUT2D eigenvalue weighted by molar-refractivity contribution is 0.600. The Balaban J connectivity index is 2.40. The Hall–Kier alpha value is -1.67. The molecule has 3 N–H and O–H groups in total. The smallest absolute Gasteiger partial charge is 0.264 e. The number of sulfonamides is 1. The molecule has 1 aromatic carbocycles. The van der Waals surface area contributed by atoms with Gasteiger partial charge in [0.05, 0.1) is 4.90 Å². The average molecular weight is 312 g/mol. The van der Waals surface area contributed by atoms with E-state index in [0.717, 1.165) is 17.0 Å². The van der Waals surface area contributed by atoms with E-state index in [4.69, 9.17) is 5.73 Å². The summed E-state index contributed by atoms with van der Waals surface area (Å²) in [6.45, 7) is 5.51. The molecule has 0 saturated heterocycles. The lowest BCUT2D eigenvalue weighted by Gasteiger charge is -2.11. The predicted molar refractivity (Wildman–Crippen MR) is 80.4 cm³/mol. The molecule has 2 aromatic rings. The van der Waals surface area contributed by atoms with Crippen LogP contribution >= 0.6 is 11.3 Å². The molecule has 0 aliphatic rings. The van der Waals surface area contributed by atoms with Gasteiger partial charge < -0.3 is 5.73 Å². The van der Waals surface area contributed by atoms with E-state index < -0.39 is 10.0 Å². The van der Waals surface area contributed by atoms with E-state index in [1.54, 1.807) is 13.0 Å². The highest BCUT2D eigenvalue weighted by molar-refractivity contribution is 7.93. The van der Waals surface area contributed by atoms with E-state index in [1.165, 1.54) is 17.4 Å². The maximum atomic E-state index is 12.4. The summed E-state index contributed by atoms with van der Waals surface area (Å²) in [6.07, 6.45) is 0.718. The molecule has 0 atom stereocenters. The molecule has 2 rings (SSSR count). The van der Waals surface area contributed by atoms with Crippen molar-refractivity contribution in [2.75, 3.05) is 10.5 Å². The van der Waals surface area contributed by atoms with Crippen LogP contribution in [0.15, 0.2) is 17.0 Å². The molecule has 0 aliphatic carbocycles. The fourth-order valence-corrected chi connectivity index (χ4v) is 4.00. The van der Waals surface area contributed by atoms with Gasteiger partial charge in [-0.25, -0.2) is 8.42 Å². The third-order valence-electron chi connectivity index (χ3n) is 2.92. The third-order valence-corrected chi connectivity index (χ3v) is 5.50. The number of anilines is 2. The van der Waals surface area contributed by atoms with Crippen molar-refractivity contribution in [1.29, 1.82) is 0 Å². The van der Waals surface area contributed by atoms with Crippen molar-refractivity contribution < 1.29 is 8.42 Å². The fourth-order valence-electron chi connectivity index (χ4n) is 1.74. The first-order chi connectivity index (χ1) is 9.33. The van der Waals surface area contributed by atoms with Gasteiger partial charge in [0, 0.05) is 5.69 Å². The topological polar surface area (TPSA) is 98.0 Å². The molecule has 0 spiro atoms. The zero-order valence-corrected chi connectivity index (χ0v) is 13.1. The van der Waals surface area contributed by atoms with Crippen LogP contribution in [-0.2, 0) is 16.4 Å². The van der Waals surface area contributed by atoms with Gasteiger partial charge in [-0.2, -0.15) is 0 Å². The molecule has 6 nitrogen and oxygen atoms in total. The number of hydrogen-bond donors (Lipinski definition) is 2. The van der Waals surface area contributed by atoms with E-state index in [1.807, 2.05) is 13.8 Å². The van der Waals surface area contributed by atoms with Crippen molar-refractivity contribution in [2.45, 2.75) is 32.1 Å². The van der Waals surface area contributed by atoms with Gasteiger partial charge in [-0.15, -0.1) is 10.2 Å². The van der Waals surface area contributed by atoms with Gasteiger partial charge in [-0.1, -0.05) is 18.3 Å². The molecule has 8 heteroatoms. The zero-order chi connectivity index (χ0) is 14.9. The molecular weight excluding hydrogens is 296 g/mol. The summed E-state index contributed by atoms with van der Waals surface area (Å²) in [5, 5.41) is 8.75. The Morgan fingerprint density at radius 1 is 1.30 bits per heavy atom. The lowest BCUT2D eigenvalue weighted by Crippen LogP contribution is -2.15. The maximum absolute atomic E-state index is 12.4. The molecule has 0 bridgehead atoms. The number of aryl methyl sites for hydroxylation is 2. The number of hydrogen-bond acceptors (Lipinski definition) is 6. The van der Waals surface area contributed by atoms with Gasteiger partial charge in [0.1, 0.15) is 5.01 Å². The molecule has 0 fully saturated rings. The quantitative estimate of drug-likeness (QED) is 0.842. The SMILES string of the molecule is CCc1nnc(NS(=O)(=O)c2cc(N)cc(C)c2C)s1. The Kier molecular flexibility index (Phi) is 3.96. The Morgan fingerprint density at radius 2 is 2.00 bits per heavy atom. The van der Waals surface area contributed by atoms with Crippen molar-refractivity contribution in [3.8, 4) is 0 Å². The highest BCUT2D eigenvalue weighted by Crippen LogP contribution is 2.25. The van der Waals surface area contributed by atoms with Crippen LogP contribution in [0.4, 0.5) is 10.8 Å². The summed E-state index contributed by atoms with van der Waals surface area (Å²) >= 11 is 1.22. The van der Waals surface area contributed by atoms with Crippen molar-refractivity contribution in [3.63, 3.8) is 0 Å². The first-order valence-electron chi connectivity index (χ1n) is 6.05. The number of nitrogens with two attached hydrogens (primary N) is 1. The number of nitrogens with one attached hydrogen (secondary N) is 1. The highest BCUT2D eigenvalue weighted by atomic mass is 32.2. The number of benzene rings is 1. The fraction of sp³-hybridized carbons (Fsp3) is 0.333. The van der Waals surface area contributed by atoms with E-state index >= 15 is 0 Å². The minimum Gasteiger partial charge on any atom is -0.399 e. The number of nitrogens with zero attached hydrogens (tertiary/aromatic N) is 2. The first kappa shape index (κ1) is 14.7. The molecular formula is C12H16N4O2S2. The minimum absolute atomic E-state index is 0.170. The molecule has 0 radical (unpaired) electrons. The zero-order valence-electron chi connectivity index (χ0n) is 11.5. The second-order valence-corrected chi connectivity index (χ2v) is 7.13. The molecule has 0 saturated carbocycles. The molecule has 0 aliphatic heterocycles. The van der Waals surface area contributed by atoms with E-state index in [0.29, 0.717) is 11.3 Å². The van der Waals surface area contributed by atoms with Crippen LogP contribution in [0, 0.1) is 13.8 Å². The number of aromatic nitrogens is 2. The molecule has 0 amide bonds. The van der Waals surface area contributed by atoms with E-state index in [-0.39, 0.29) is 10.0 Å². The molecule has 1 aromatic heterocycles. The van der Waals surface area contributed by atoms with Crippen LogP contribution in [0.5, 0.6) is 0 Å². The average Bonchev–Trinajstić information content (AvgIpc) is 2.80. The van der Waals surface area contributed by atoms with Gasteiger partial charge in [0.15, 0.2) is 0 Å². The summed E-state index contributed by atoms with van der Waals surface area (Å²) in [4.78, 5) is 0.170. The highest BCUT2D eigenvalue weighted by Gasteiger charge is 2.20. The maximum Gasteiger partial charge on any atom is 0.264 e. The van der Waals surface area contributed by atoms with Gasteiger partial charge >= 0.3 is 0 Å². The van der Waals surface area contributed by atoms with Crippen molar-refractivity contribution in [1.82, 2.24) is 10.2 Å². The minimum atomic E-state index is -3.71. The Morgan fingerprint density at radius 3 is 2.60 bits per heavy atom. The molecule has 108 valence electrons.